The van der Waals surface area contributed by atoms with Gasteiger partial charge in [0.2, 0.25) is 5.91 Å². The fourth-order valence-electron chi connectivity index (χ4n) is 0.488. The number of nitrogens with two attached hydrogens (primary N) is 1. The average Bonchev–Trinajstić information content (AvgIpc) is 1.86. The summed E-state index contributed by atoms with van der Waals surface area (Å²) in [6, 6.07) is 0. The van der Waals surface area contributed by atoms with Crippen LogP contribution in [0.2, 0.25) is 0 Å². The predicted molar refractivity (Wildman–Crippen MR) is 46.0 cm³/mol. The molecule has 11 heavy (non-hydrogen) atoms. The molecule has 0 saturated heterocycles. The van der Waals surface area contributed by atoms with Crippen molar-refractivity contribution in [2.75, 3.05) is 20.6 Å². The van der Waals surface area contributed by atoms with Crippen molar-refractivity contribution in [3.05, 3.63) is 24.3 Å². The largest absolute Gasteiger partial charge is 0.366 e. The minimum absolute atomic E-state index is 0.340. The smallest absolute Gasteiger partial charge is 0.248 e. The Morgan fingerprint density at radius 2 is 2.18 bits per heavy atom. The van der Waals surface area contributed by atoms with Gasteiger partial charge in [0, 0.05) is 12.1 Å². The monoisotopic (exact) mass is 154 g/mol. The Bertz CT molecular complexity index is 183. The van der Waals surface area contributed by atoms with E-state index in [1.165, 1.54) is 0 Å². The summed E-state index contributed by atoms with van der Waals surface area (Å²) in [5, 5.41) is 0. The van der Waals surface area contributed by atoms with Crippen molar-refractivity contribution >= 4 is 5.91 Å². The molecule has 0 aliphatic rings. The van der Waals surface area contributed by atoms with E-state index >= 15 is 0 Å². The van der Waals surface area contributed by atoms with E-state index in [9.17, 15) is 4.79 Å². The average molecular weight is 154 g/mol. The maximum absolute atomic E-state index is 10.4. The first-order valence-electron chi connectivity index (χ1n) is 3.34. The van der Waals surface area contributed by atoms with E-state index < -0.39 is 5.91 Å². The Labute approximate surface area is 67.2 Å². The molecule has 2 N–H and O–H groups in total. The molecule has 3 nitrogen and oxygen atoms in total. The lowest BCUT2D eigenvalue weighted by Crippen LogP contribution is -2.13. The van der Waals surface area contributed by atoms with Gasteiger partial charge in [0.1, 0.15) is 0 Å². The second-order valence-corrected chi connectivity index (χ2v) is 2.55. The molecule has 0 aromatic rings. The first-order valence-corrected chi connectivity index (χ1v) is 3.34. The van der Waals surface area contributed by atoms with Crippen LogP contribution in [0.15, 0.2) is 24.3 Å². The number of amides is 1. The van der Waals surface area contributed by atoms with Gasteiger partial charge in [-0.1, -0.05) is 18.7 Å². The van der Waals surface area contributed by atoms with Crippen LogP contribution in [-0.4, -0.2) is 31.4 Å². The first kappa shape index (κ1) is 9.91. The summed E-state index contributed by atoms with van der Waals surface area (Å²) in [5.41, 5.74) is 5.29. The van der Waals surface area contributed by atoms with Crippen LogP contribution in [0.25, 0.3) is 0 Å². The quantitative estimate of drug-likeness (QED) is 0.462. The second kappa shape index (κ2) is 4.68. The highest BCUT2D eigenvalue weighted by atomic mass is 16.1. The molecule has 0 aliphatic heterocycles. The number of hydrogen-bond donors (Lipinski definition) is 1. The van der Waals surface area contributed by atoms with Crippen LogP contribution in [0.5, 0.6) is 0 Å². The summed E-state index contributed by atoms with van der Waals surface area (Å²) < 4.78 is 0. The third kappa shape index (κ3) is 5.36. The van der Waals surface area contributed by atoms with Gasteiger partial charge in [-0.3, -0.25) is 4.79 Å². The Morgan fingerprint density at radius 1 is 1.64 bits per heavy atom. The summed E-state index contributed by atoms with van der Waals surface area (Å²) in [6.07, 6.45) is 3.47. The number of primary amides is 1. The fourth-order valence-corrected chi connectivity index (χ4v) is 0.488. The SMILES string of the molecule is C=C(C=CCN(C)C)C(N)=O. The molecule has 1 amide bonds. The summed E-state index contributed by atoms with van der Waals surface area (Å²) in [4.78, 5) is 12.4. The van der Waals surface area contributed by atoms with E-state index in [1.54, 1.807) is 6.08 Å². The molecule has 62 valence electrons. The number of hydrogen-bond acceptors (Lipinski definition) is 2. The molecule has 0 aliphatic carbocycles. The van der Waals surface area contributed by atoms with Crippen molar-refractivity contribution in [2.24, 2.45) is 5.73 Å². The molecule has 0 heterocycles. The van der Waals surface area contributed by atoms with Gasteiger partial charge < -0.3 is 10.6 Å². The number of carbonyl (C=O) groups excluding carboxylic acids is 1. The van der Waals surface area contributed by atoms with Crippen LogP contribution < -0.4 is 5.73 Å². The van der Waals surface area contributed by atoms with Gasteiger partial charge in [0.05, 0.1) is 0 Å². The van der Waals surface area contributed by atoms with Crippen molar-refractivity contribution in [3.63, 3.8) is 0 Å². The Balaban J connectivity index is 3.75. The minimum Gasteiger partial charge on any atom is -0.366 e. The van der Waals surface area contributed by atoms with E-state index in [4.69, 9.17) is 5.73 Å². The first-order chi connectivity index (χ1) is 5.04. The molecular weight excluding hydrogens is 140 g/mol. The zero-order chi connectivity index (χ0) is 8.85. The Kier molecular flexibility index (Phi) is 4.22. The van der Waals surface area contributed by atoms with Crippen LogP contribution in [0.4, 0.5) is 0 Å². The highest BCUT2D eigenvalue weighted by Crippen LogP contribution is 1.90. The molecule has 0 spiro atoms. The predicted octanol–water partition coefficient (Wildman–Crippen LogP) is 0.146. The highest BCUT2D eigenvalue weighted by molar-refractivity contribution is 5.94. The normalized spacial score (nSPS) is 10.8. The molecule has 0 aromatic carbocycles. The van der Waals surface area contributed by atoms with E-state index in [-0.39, 0.29) is 0 Å². The van der Waals surface area contributed by atoms with Gasteiger partial charge in [-0.25, -0.2) is 0 Å². The lowest BCUT2D eigenvalue weighted by molar-refractivity contribution is -0.114. The van der Waals surface area contributed by atoms with Crippen LogP contribution in [0, 0.1) is 0 Å². The van der Waals surface area contributed by atoms with E-state index in [0.29, 0.717) is 5.57 Å². The lowest BCUT2D eigenvalue weighted by atomic mass is 10.2. The lowest BCUT2D eigenvalue weighted by Gasteiger charge is -2.03. The summed E-state index contributed by atoms with van der Waals surface area (Å²) in [6.45, 7) is 4.26. The van der Waals surface area contributed by atoms with Gasteiger partial charge in [-0.2, -0.15) is 0 Å². The zero-order valence-corrected chi connectivity index (χ0v) is 7.00. The Hall–Kier alpha value is -1.09. The van der Waals surface area contributed by atoms with Gasteiger partial charge in [-0.05, 0) is 14.1 Å². The molecule has 0 fully saturated rings. The van der Waals surface area contributed by atoms with Crippen LogP contribution in [-0.2, 0) is 4.79 Å². The maximum Gasteiger partial charge on any atom is 0.248 e. The minimum atomic E-state index is -0.472. The molecule has 0 atom stereocenters. The van der Waals surface area contributed by atoms with Gasteiger partial charge in [-0.15, -0.1) is 0 Å². The van der Waals surface area contributed by atoms with Crippen molar-refractivity contribution in [2.45, 2.75) is 0 Å². The van der Waals surface area contributed by atoms with Crippen molar-refractivity contribution < 1.29 is 4.79 Å². The fraction of sp³-hybridized carbons (Fsp3) is 0.375. The number of carbonyl (C=O) groups is 1. The third-order valence-electron chi connectivity index (χ3n) is 1.11. The molecule has 0 rings (SSSR count). The number of likely N-dealkylation sites (N-methyl/N-ethyl adjacent to an activating group) is 1. The third-order valence-corrected chi connectivity index (χ3v) is 1.11. The van der Waals surface area contributed by atoms with Gasteiger partial charge in [0.15, 0.2) is 0 Å². The summed E-state index contributed by atoms with van der Waals surface area (Å²) in [5.74, 6) is -0.472. The number of nitrogens with zero attached hydrogens (tertiary/aromatic N) is 1. The van der Waals surface area contributed by atoms with Crippen molar-refractivity contribution in [3.8, 4) is 0 Å². The van der Waals surface area contributed by atoms with Crippen LogP contribution in [0.1, 0.15) is 0 Å². The molecule has 0 aromatic heterocycles. The molecule has 0 saturated carbocycles. The molecule has 0 radical (unpaired) electrons. The van der Waals surface area contributed by atoms with E-state index in [0.717, 1.165) is 6.54 Å². The molecule has 3 heteroatoms. The maximum atomic E-state index is 10.4. The zero-order valence-electron chi connectivity index (χ0n) is 7.00. The standard InChI is InChI=1S/C8H14N2O/c1-7(8(9)11)5-4-6-10(2)3/h4-5H,1,6H2,2-3H3,(H2,9,11). The summed E-state index contributed by atoms with van der Waals surface area (Å²) >= 11 is 0. The number of rotatable bonds is 4. The van der Waals surface area contributed by atoms with Crippen LogP contribution in [0.3, 0.4) is 0 Å². The molecule has 0 bridgehead atoms. The molecular formula is C8H14N2O. The van der Waals surface area contributed by atoms with Crippen LogP contribution >= 0.6 is 0 Å². The highest BCUT2D eigenvalue weighted by Gasteiger charge is 1.93. The second-order valence-electron chi connectivity index (χ2n) is 2.55. The van der Waals surface area contributed by atoms with E-state index in [2.05, 4.69) is 6.58 Å². The van der Waals surface area contributed by atoms with Crippen molar-refractivity contribution in [1.29, 1.82) is 0 Å². The topological polar surface area (TPSA) is 46.3 Å². The summed E-state index contributed by atoms with van der Waals surface area (Å²) in [7, 11) is 3.88. The van der Waals surface area contributed by atoms with E-state index in [1.807, 2.05) is 25.1 Å². The van der Waals surface area contributed by atoms with Gasteiger partial charge in [0.25, 0.3) is 0 Å². The Morgan fingerprint density at radius 3 is 2.55 bits per heavy atom. The van der Waals surface area contributed by atoms with Gasteiger partial charge >= 0.3 is 0 Å². The molecule has 0 unspecified atom stereocenters. The van der Waals surface area contributed by atoms with Crippen molar-refractivity contribution in [1.82, 2.24) is 4.90 Å².